The molecule has 2 aliphatic heterocycles. The fourth-order valence-corrected chi connectivity index (χ4v) is 6.37. The number of rotatable bonds is 9. The number of piperidine rings is 1. The summed E-state index contributed by atoms with van der Waals surface area (Å²) in [6, 6.07) is 8.89. The minimum atomic E-state index is -0.726. The third kappa shape index (κ3) is 5.43. The average Bonchev–Trinajstić information content (AvgIpc) is 3.40. The van der Waals surface area contributed by atoms with Crippen molar-refractivity contribution in [3.8, 4) is 0 Å². The minimum Gasteiger partial charge on any atom is -0.395 e. The van der Waals surface area contributed by atoms with Crippen molar-refractivity contribution in [2.45, 2.75) is 83.2 Å². The van der Waals surface area contributed by atoms with E-state index < -0.39 is 5.41 Å². The first-order chi connectivity index (χ1) is 15.8. The maximum atomic E-state index is 13.3. The van der Waals surface area contributed by atoms with Gasteiger partial charge < -0.3 is 15.7 Å². The second-order valence-electron chi connectivity index (χ2n) is 11.2. The van der Waals surface area contributed by atoms with E-state index in [0.717, 1.165) is 32.5 Å². The van der Waals surface area contributed by atoms with Crippen LogP contribution in [0, 0.1) is 11.3 Å². The number of benzene rings is 1. The molecular formula is C27H41N3O3. The number of amides is 2. The van der Waals surface area contributed by atoms with Crippen LogP contribution in [0.4, 0.5) is 0 Å². The van der Waals surface area contributed by atoms with Crippen LogP contribution in [0.15, 0.2) is 24.3 Å². The quantitative estimate of drug-likeness (QED) is 0.596. The van der Waals surface area contributed by atoms with Crippen molar-refractivity contribution < 1.29 is 14.7 Å². The zero-order valence-corrected chi connectivity index (χ0v) is 20.3. The van der Waals surface area contributed by atoms with E-state index >= 15 is 0 Å². The van der Waals surface area contributed by atoms with Gasteiger partial charge in [0.15, 0.2) is 0 Å². The first-order valence-corrected chi connectivity index (χ1v) is 12.8. The summed E-state index contributed by atoms with van der Waals surface area (Å²) in [7, 11) is 0. The molecule has 4 rings (SSSR count). The van der Waals surface area contributed by atoms with Gasteiger partial charge in [-0.25, -0.2) is 0 Å². The van der Waals surface area contributed by atoms with Crippen molar-refractivity contribution >= 4 is 11.8 Å². The van der Waals surface area contributed by atoms with Crippen molar-refractivity contribution in [1.29, 1.82) is 0 Å². The molecule has 6 heteroatoms. The number of carbonyl (C=O) groups is 2. The van der Waals surface area contributed by atoms with Crippen LogP contribution in [-0.4, -0.2) is 65.0 Å². The maximum Gasteiger partial charge on any atom is 0.248 e. The van der Waals surface area contributed by atoms with Crippen LogP contribution in [0.25, 0.3) is 0 Å². The van der Waals surface area contributed by atoms with E-state index in [1.807, 2.05) is 30.9 Å². The zero-order valence-electron chi connectivity index (χ0n) is 20.3. The largest absolute Gasteiger partial charge is 0.395 e. The summed E-state index contributed by atoms with van der Waals surface area (Å²) < 4.78 is 0. The molecule has 6 nitrogen and oxygen atoms in total. The second kappa shape index (κ2) is 10.1. The molecule has 1 aromatic rings. The van der Waals surface area contributed by atoms with Crippen LogP contribution >= 0.6 is 0 Å². The Morgan fingerprint density at radius 2 is 1.79 bits per heavy atom. The van der Waals surface area contributed by atoms with E-state index in [2.05, 4.69) is 11.0 Å². The van der Waals surface area contributed by atoms with E-state index in [0.29, 0.717) is 29.5 Å². The summed E-state index contributed by atoms with van der Waals surface area (Å²) in [6.07, 6.45) is 9.56. The normalized spacial score (nSPS) is 26.0. The lowest BCUT2D eigenvalue weighted by atomic mass is 9.84. The number of carbonyl (C=O) groups excluding carboxylic acids is 2. The predicted molar refractivity (Wildman–Crippen MR) is 130 cm³/mol. The number of hydrogen-bond acceptors (Lipinski definition) is 4. The van der Waals surface area contributed by atoms with E-state index in [1.54, 1.807) is 6.07 Å². The van der Waals surface area contributed by atoms with Crippen LogP contribution in [-0.2, 0) is 4.79 Å². The Kier molecular flexibility index (Phi) is 7.44. The zero-order chi connectivity index (χ0) is 23.6. The highest BCUT2D eigenvalue weighted by atomic mass is 16.3. The average molecular weight is 456 g/mol. The van der Waals surface area contributed by atoms with Gasteiger partial charge in [-0.1, -0.05) is 25.0 Å². The second-order valence-corrected chi connectivity index (χ2v) is 11.2. The number of hydrogen-bond donors (Lipinski definition) is 2. The molecule has 2 heterocycles. The van der Waals surface area contributed by atoms with E-state index in [9.17, 15) is 14.7 Å². The summed E-state index contributed by atoms with van der Waals surface area (Å²) in [5.74, 6) is 0.781. The Morgan fingerprint density at radius 1 is 1.12 bits per heavy atom. The molecular weight excluding hydrogens is 414 g/mol. The van der Waals surface area contributed by atoms with Gasteiger partial charge in [-0.2, -0.15) is 0 Å². The highest BCUT2D eigenvalue weighted by Gasteiger charge is 2.41. The standard InChI is InChI=1S/C27H41N3O3/c1-27(2,18-31)26(33)29(17-19-6-3-4-7-19)12-13-30-23-10-11-24(30)16-22(15-23)20-8-5-9-21(14-20)25(28)32/h5,8-9,14,19,22-24,31H,3-4,6-7,10-13,15-18H2,1-2H3,(H2,28,32)/t22-,23+,24-. The first-order valence-electron chi connectivity index (χ1n) is 12.8. The summed E-state index contributed by atoms with van der Waals surface area (Å²) in [5, 5.41) is 9.79. The van der Waals surface area contributed by atoms with Crippen LogP contribution in [0.5, 0.6) is 0 Å². The van der Waals surface area contributed by atoms with Crippen molar-refractivity contribution in [2.75, 3.05) is 26.2 Å². The fourth-order valence-electron chi connectivity index (χ4n) is 6.37. The molecule has 1 aromatic carbocycles. The Balaban J connectivity index is 1.40. The monoisotopic (exact) mass is 455 g/mol. The molecule has 182 valence electrons. The molecule has 3 aliphatic rings. The van der Waals surface area contributed by atoms with Gasteiger partial charge in [-0.05, 0) is 81.9 Å². The molecule has 2 bridgehead atoms. The Hall–Kier alpha value is -1.92. The highest BCUT2D eigenvalue weighted by Crippen LogP contribution is 2.43. The number of nitrogens with zero attached hydrogens (tertiary/aromatic N) is 2. The molecule has 33 heavy (non-hydrogen) atoms. The summed E-state index contributed by atoms with van der Waals surface area (Å²) >= 11 is 0. The van der Waals surface area contributed by atoms with Crippen molar-refractivity contribution in [1.82, 2.24) is 9.80 Å². The van der Waals surface area contributed by atoms with E-state index in [1.165, 1.54) is 44.1 Å². The summed E-state index contributed by atoms with van der Waals surface area (Å²) in [5.41, 5.74) is 6.59. The van der Waals surface area contributed by atoms with Gasteiger partial charge in [0.1, 0.15) is 0 Å². The maximum absolute atomic E-state index is 13.3. The lowest BCUT2D eigenvalue weighted by Crippen LogP contribution is -2.50. The molecule has 2 amide bonds. The van der Waals surface area contributed by atoms with E-state index in [4.69, 9.17) is 5.73 Å². The Bertz CT molecular complexity index is 835. The predicted octanol–water partition coefficient (Wildman–Crippen LogP) is 3.53. The van der Waals surface area contributed by atoms with Gasteiger partial charge in [0.25, 0.3) is 0 Å². The van der Waals surface area contributed by atoms with Gasteiger partial charge in [0.05, 0.1) is 12.0 Å². The lowest BCUT2D eigenvalue weighted by Gasteiger charge is -2.41. The van der Waals surface area contributed by atoms with Gasteiger partial charge in [-0.15, -0.1) is 0 Å². The van der Waals surface area contributed by atoms with Crippen molar-refractivity contribution in [3.63, 3.8) is 0 Å². The minimum absolute atomic E-state index is 0.0856. The Labute approximate surface area is 198 Å². The van der Waals surface area contributed by atoms with Crippen molar-refractivity contribution in [2.24, 2.45) is 17.1 Å². The van der Waals surface area contributed by atoms with Crippen molar-refractivity contribution in [3.05, 3.63) is 35.4 Å². The molecule has 1 saturated carbocycles. The van der Waals surface area contributed by atoms with Gasteiger partial charge in [0.2, 0.25) is 11.8 Å². The van der Waals surface area contributed by atoms with Gasteiger partial charge in [0, 0.05) is 37.3 Å². The third-order valence-electron chi connectivity index (χ3n) is 8.37. The molecule has 0 spiro atoms. The van der Waals surface area contributed by atoms with Gasteiger partial charge >= 0.3 is 0 Å². The fraction of sp³-hybridized carbons (Fsp3) is 0.704. The third-order valence-corrected chi connectivity index (χ3v) is 8.37. The molecule has 3 fully saturated rings. The topological polar surface area (TPSA) is 86.9 Å². The molecule has 0 radical (unpaired) electrons. The first kappa shape index (κ1) is 24.2. The molecule has 3 N–H and O–H groups in total. The Morgan fingerprint density at radius 3 is 2.39 bits per heavy atom. The smallest absolute Gasteiger partial charge is 0.248 e. The lowest BCUT2D eigenvalue weighted by molar-refractivity contribution is -0.143. The van der Waals surface area contributed by atoms with Crippen LogP contribution in [0.2, 0.25) is 0 Å². The van der Waals surface area contributed by atoms with Crippen LogP contribution in [0.3, 0.4) is 0 Å². The summed E-state index contributed by atoms with van der Waals surface area (Å²) in [6.45, 7) is 6.07. The van der Waals surface area contributed by atoms with Crippen LogP contribution < -0.4 is 5.73 Å². The number of aliphatic hydroxyl groups is 1. The molecule has 1 aliphatic carbocycles. The number of fused-ring (bicyclic) bond motifs is 2. The SMILES string of the molecule is CC(C)(CO)C(=O)N(CCN1[C@@H]2CC[C@H]1C[C@@H](c1cccc(C(N)=O)c1)C2)CC1CCCC1. The summed E-state index contributed by atoms with van der Waals surface area (Å²) in [4.78, 5) is 29.6. The number of nitrogens with two attached hydrogens (primary N) is 1. The molecule has 0 unspecified atom stereocenters. The molecule has 3 atom stereocenters. The molecule has 0 aromatic heterocycles. The number of aliphatic hydroxyl groups excluding tert-OH is 1. The molecule has 2 saturated heterocycles. The van der Waals surface area contributed by atoms with Gasteiger partial charge in [-0.3, -0.25) is 14.5 Å². The van der Waals surface area contributed by atoms with Crippen LogP contribution in [0.1, 0.15) is 87.1 Å². The number of primary amides is 1. The van der Waals surface area contributed by atoms with E-state index in [-0.39, 0.29) is 18.4 Å². The highest BCUT2D eigenvalue weighted by molar-refractivity contribution is 5.92.